The zero-order valence-electron chi connectivity index (χ0n) is 11.4. The van der Waals surface area contributed by atoms with Crippen molar-refractivity contribution in [2.75, 3.05) is 0 Å². The molecule has 2 heterocycles. The van der Waals surface area contributed by atoms with Gasteiger partial charge in [-0.05, 0) is 32.8 Å². The summed E-state index contributed by atoms with van der Waals surface area (Å²) in [6.07, 6.45) is 4.12. The third-order valence-electron chi connectivity index (χ3n) is 3.56. The van der Waals surface area contributed by atoms with Gasteiger partial charge in [0.25, 0.3) is 15.6 Å². The van der Waals surface area contributed by atoms with E-state index < -0.39 is 15.6 Å². The number of pyridine rings is 1. The molecule has 0 bridgehead atoms. The molecule has 1 aromatic heterocycles. The lowest BCUT2D eigenvalue weighted by atomic mass is 10.0. The molecule has 0 radical (unpaired) electrons. The first-order valence-corrected chi connectivity index (χ1v) is 8.36. The minimum Gasteiger partial charge on any atom is -0.326 e. The largest absolute Gasteiger partial charge is 0.326 e. The van der Waals surface area contributed by atoms with Crippen LogP contribution in [0.25, 0.3) is 0 Å². The molecule has 0 aromatic carbocycles. The molecule has 1 aliphatic heterocycles. The molecule has 2 rings (SSSR count). The van der Waals surface area contributed by atoms with E-state index in [1.807, 2.05) is 13.8 Å². The van der Waals surface area contributed by atoms with Crippen LogP contribution in [0.4, 0.5) is 0 Å². The fourth-order valence-electron chi connectivity index (χ4n) is 2.39. The predicted octanol–water partition coefficient (Wildman–Crippen LogP) is 1.48. The molecule has 2 atom stereocenters. The summed E-state index contributed by atoms with van der Waals surface area (Å²) < 4.78 is 24.6. The first-order valence-electron chi connectivity index (χ1n) is 6.50. The van der Waals surface area contributed by atoms with Crippen LogP contribution in [-0.4, -0.2) is 30.5 Å². The zero-order valence-corrected chi connectivity index (χ0v) is 13.0. The highest BCUT2D eigenvalue weighted by Gasteiger charge is 2.29. The second kappa shape index (κ2) is 5.85. The van der Waals surface area contributed by atoms with Crippen LogP contribution in [0.1, 0.15) is 33.1 Å². The Hall–Kier alpha value is -0.890. The monoisotopic (exact) mass is 319 g/mol. The number of aromatic amines is 1. The fraction of sp³-hybridized carbons (Fsp3) is 0.583. The minimum absolute atomic E-state index is 0.0490. The number of hydrazine groups is 1. The molecule has 6 nitrogen and oxygen atoms in total. The Balaban J connectivity index is 2.26. The molecule has 0 amide bonds. The number of aromatic nitrogens is 1. The summed E-state index contributed by atoms with van der Waals surface area (Å²) in [5.74, 6) is 0. The lowest BCUT2D eigenvalue weighted by Gasteiger charge is -2.38. The van der Waals surface area contributed by atoms with E-state index in [9.17, 15) is 13.2 Å². The van der Waals surface area contributed by atoms with Crippen molar-refractivity contribution in [2.24, 2.45) is 0 Å². The number of nitrogens with one attached hydrogen (secondary N) is 2. The van der Waals surface area contributed by atoms with Crippen molar-refractivity contribution < 1.29 is 8.42 Å². The van der Waals surface area contributed by atoms with Gasteiger partial charge in [0.2, 0.25) is 0 Å². The van der Waals surface area contributed by atoms with E-state index in [2.05, 4.69) is 9.82 Å². The van der Waals surface area contributed by atoms with Gasteiger partial charge in [-0.3, -0.25) is 4.79 Å². The lowest BCUT2D eigenvalue weighted by Crippen LogP contribution is -2.53. The number of piperidine rings is 1. The Morgan fingerprint density at radius 3 is 2.50 bits per heavy atom. The number of H-pyrrole nitrogens is 1. The van der Waals surface area contributed by atoms with Crippen molar-refractivity contribution in [3.63, 3.8) is 0 Å². The van der Waals surface area contributed by atoms with E-state index in [1.54, 1.807) is 5.01 Å². The Bertz CT molecular complexity index is 634. The topological polar surface area (TPSA) is 82.3 Å². The average Bonchev–Trinajstić information content (AvgIpc) is 2.37. The molecule has 2 N–H and O–H groups in total. The molecule has 0 spiro atoms. The van der Waals surface area contributed by atoms with Gasteiger partial charge in [0.15, 0.2) is 0 Å². The summed E-state index contributed by atoms with van der Waals surface area (Å²) in [6, 6.07) is 1.42. The third-order valence-corrected chi connectivity index (χ3v) is 5.15. The lowest BCUT2D eigenvalue weighted by molar-refractivity contribution is 0.0790. The van der Waals surface area contributed by atoms with Crippen molar-refractivity contribution in [1.82, 2.24) is 14.8 Å². The van der Waals surface area contributed by atoms with Gasteiger partial charge < -0.3 is 4.98 Å². The van der Waals surface area contributed by atoms with E-state index >= 15 is 0 Å². The Kier molecular flexibility index (Phi) is 4.53. The first-order chi connectivity index (χ1) is 9.31. The van der Waals surface area contributed by atoms with Gasteiger partial charge in [-0.1, -0.05) is 18.0 Å². The molecule has 112 valence electrons. The van der Waals surface area contributed by atoms with Gasteiger partial charge in [0, 0.05) is 18.3 Å². The van der Waals surface area contributed by atoms with Gasteiger partial charge in [-0.15, -0.1) is 4.83 Å². The summed E-state index contributed by atoms with van der Waals surface area (Å²) in [5, 5.41) is 1.60. The van der Waals surface area contributed by atoms with Crippen LogP contribution < -0.4 is 10.4 Å². The van der Waals surface area contributed by atoms with Crippen LogP contribution >= 0.6 is 11.6 Å². The highest BCUT2D eigenvalue weighted by Crippen LogP contribution is 2.22. The summed E-state index contributed by atoms with van der Waals surface area (Å²) >= 11 is 5.67. The minimum atomic E-state index is -3.74. The maximum absolute atomic E-state index is 12.3. The van der Waals surface area contributed by atoms with Gasteiger partial charge in [-0.25, -0.2) is 13.4 Å². The second-order valence-electron chi connectivity index (χ2n) is 5.14. The SMILES string of the molecule is CC1CCCC(C)N1NS(=O)(=O)c1c[nH]c(=O)c(Cl)c1. The smallest absolute Gasteiger partial charge is 0.266 e. The van der Waals surface area contributed by atoms with Crippen LogP contribution in [0.5, 0.6) is 0 Å². The maximum Gasteiger partial charge on any atom is 0.266 e. The van der Waals surface area contributed by atoms with Crippen LogP contribution in [-0.2, 0) is 10.0 Å². The van der Waals surface area contributed by atoms with Crippen molar-refractivity contribution >= 4 is 21.6 Å². The number of hydrogen-bond acceptors (Lipinski definition) is 4. The molecule has 1 aromatic rings. The molecule has 0 saturated carbocycles. The molecule has 1 saturated heterocycles. The fourth-order valence-corrected chi connectivity index (χ4v) is 3.85. The van der Waals surface area contributed by atoms with Gasteiger partial charge in [0.1, 0.15) is 9.92 Å². The molecule has 1 aliphatic rings. The van der Waals surface area contributed by atoms with E-state index in [1.165, 1.54) is 0 Å². The van der Waals surface area contributed by atoms with Crippen LogP contribution in [0.3, 0.4) is 0 Å². The van der Waals surface area contributed by atoms with Gasteiger partial charge >= 0.3 is 0 Å². The number of hydrogen-bond donors (Lipinski definition) is 2. The summed E-state index contributed by atoms with van der Waals surface area (Å²) in [4.78, 5) is 16.0. The highest BCUT2D eigenvalue weighted by molar-refractivity contribution is 7.89. The molecular weight excluding hydrogens is 302 g/mol. The van der Waals surface area contributed by atoms with Crippen LogP contribution in [0.2, 0.25) is 5.02 Å². The maximum atomic E-state index is 12.3. The molecule has 8 heteroatoms. The van der Waals surface area contributed by atoms with E-state index in [0.29, 0.717) is 0 Å². The van der Waals surface area contributed by atoms with E-state index in [4.69, 9.17) is 11.6 Å². The number of halogens is 1. The highest BCUT2D eigenvalue weighted by atomic mass is 35.5. The van der Waals surface area contributed by atoms with Crippen LogP contribution in [0.15, 0.2) is 22.0 Å². The summed E-state index contributed by atoms with van der Waals surface area (Å²) in [5.41, 5.74) is -0.509. The number of rotatable bonds is 3. The molecule has 20 heavy (non-hydrogen) atoms. The van der Waals surface area contributed by atoms with Gasteiger partial charge in [-0.2, -0.15) is 0 Å². The molecule has 0 aliphatic carbocycles. The van der Waals surface area contributed by atoms with Crippen molar-refractivity contribution in [2.45, 2.75) is 50.1 Å². The third kappa shape index (κ3) is 3.22. The Labute approximate surface area is 123 Å². The van der Waals surface area contributed by atoms with E-state index in [0.717, 1.165) is 31.5 Å². The summed E-state index contributed by atoms with van der Waals surface area (Å²) in [7, 11) is -3.74. The quantitative estimate of drug-likeness (QED) is 0.884. The van der Waals surface area contributed by atoms with Crippen molar-refractivity contribution in [3.8, 4) is 0 Å². The Morgan fingerprint density at radius 2 is 1.95 bits per heavy atom. The molecule has 2 unspecified atom stereocenters. The van der Waals surface area contributed by atoms with E-state index in [-0.39, 0.29) is 22.0 Å². The standard InChI is InChI=1S/C12H18ClN3O3S/c1-8-4-3-5-9(2)16(8)15-20(18,19)10-6-11(13)12(17)14-7-10/h6-9,15H,3-5H2,1-2H3,(H,14,17). The van der Waals surface area contributed by atoms with Crippen LogP contribution in [0, 0.1) is 0 Å². The normalized spacial score (nSPS) is 24.8. The molecular formula is C12H18ClN3O3S. The Morgan fingerprint density at radius 1 is 1.35 bits per heavy atom. The average molecular weight is 320 g/mol. The number of sulfonamides is 1. The van der Waals surface area contributed by atoms with Gasteiger partial charge in [0.05, 0.1) is 0 Å². The second-order valence-corrected chi connectivity index (χ2v) is 7.21. The number of nitrogens with zero attached hydrogens (tertiary/aromatic N) is 1. The summed E-state index contributed by atoms with van der Waals surface area (Å²) in [6.45, 7) is 3.97. The first kappa shape index (κ1) is 15.5. The van der Waals surface area contributed by atoms with Crippen molar-refractivity contribution in [3.05, 3.63) is 27.6 Å². The van der Waals surface area contributed by atoms with Crippen molar-refractivity contribution in [1.29, 1.82) is 0 Å². The zero-order chi connectivity index (χ0) is 14.9. The molecule has 1 fully saturated rings. The predicted molar refractivity (Wildman–Crippen MR) is 77.0 cm³/mol.